The standard InChI is InChI=1S/C15H17FN2O3/c1-2-11-21-15(20)8-7-14(19)18(10-9-17)13-5-3-12(16)4-6-13/h3-6H,2,7-8,10-11H2,1H3. The van der Waals surface area contributed by atoms with Crippen molar-refractivity contribution in [2.45, 2.75) is 26.2 Å². The summed E-state index contributed by atoms with van der Waals surface area (Å²) in [4.78, 5) is 24.6. The van der Waals surface area contributed by atoms with Crippen LogP contribution in [0.15, 0.2) is 24.3 Å². The fraction of sp³-hybridized carbons (Fsp3) is 0.400. The van der Waals surface area contributed by atoms with Crippen molar-refractivity contribution in [2.75, 3.05) is 18.1 Å². The van der Waals surface area contributed by atoms with Crippen LogP contribution in [-0.2, 0) is 14.3 Å². The Kier molecular flexibility index (Phi) is 6.88. The van der Waals surface area contributed by atoms with Crippen LogP contribution in [-0.4, -0.2) is 25.0 Å². The number of carbonyl (C=O) groups is 2. The fourth-order valence-corrected chi connectivity index (χ4v) is 1.65. The summed E-state index contributed by atoms with van der Waals surface area (Å²) >= 11 is 0. The highest BCUT2D eigenvalue weighted by Crippen LogP contribution is 2.16. The fourth-order valence-electron chi connectivity index (χ4n) is 1.65. The van der Waals surface area contributed by atoms with Crippen molar-refractivity contribution in [3.05, 3.63) is 30.1 Å². The van der Waals surface area contributed by atoms with Gasteiger partial charge in [0.2, 0.25) is 5.91 Å². The van der Waals surface area contributed by atoms with Crippen molar-refractivity contribution in [1.82, 2.24) is 0 Å². The van der Waals surface area contributed by atoms with Crippen molar-refractivity contribution in [2.24, 2.45) is 0 Å². The summed E-state index contributed by atoms with van der Waals surface area (Å²) in [5.74, 6) is -1.25. The molecule has 1 rings (SSSR count). The molecule has 0 aliphatic heterocycles. The van der Waals surface area contributed by atoms with E-state index < -0.39 is 11.8 Å². The molecule has 0 aliphatic rings. The highest BCUT2D eigenvalue weighted by molar-refractivity contribution is 5.95. The van der Waals surface area contributed by atoms with Crippen LogP contribution >= 0.6 is 0 Å². The van der Waals surface area contributed by atoms with Crippen LogP contribution in [0.5, 0.6) is 0 Å². The molecule has 21 heavy (non-hydrogen) atoms. The molecule has 0 saturated carbocycles. The van der Waals surface area contributed by atoms with Crippen molar-refractivity contribution in [3.8, 4) is 6.07 Å². The van der Waals surface area contributed by atoms with Gasteiger partial charge in [-0.3, -0.25) is 14.5 Å². The minimum atomic E-state index is -0.443. The van der Waals surface area contributed by atoms with Gasteiger partial charge in [-0.1, -0.05) is 6.92 Å². The average molecular weight is 292 g/mol. The molecule has 0 atom stereocenters. The number of hydrogen-bond donors (Lipinski definition) is 0. The summed E-state index contributed by atoms with van der Waals surface area (Å²) in [6, 6.07) is 7.13. The number of amides is 1. The van der Waals surface area contributed by atoms with Crippen molar-refractivity contribution < 1.29 is 18.7 Å². The summed E-state index contributed by atoms with van der Waals surface area (Å²) in [7, 11) is 0. The lowest BCUT2D eigenvalue weighted by molar-refractivity contribution is -0.144. The van der Waals surface area contributed by atoms with E-state index in [2.05, 4.69) is 0 Å². The SMILES string of the molecule is CCCOC(=O)CCC(=O)N(CC#N)c1ccc(F)cc1. The second kappa shape index (κ2) is 8.69. The number of anilines is 1. The molecule has 0 radical (unpaired) electrons. The van der Waals surface area contributed by atoms with E-state index in [1.165, 1.54) is 29.2 Å². The predicted octanol–water partition coefficient (Wildman–Crippen LogP) is 2.42. The molecule has 0 unspecified atom stereocenters. The van der Waals surface area contributed by atoms with Crippen LogP contribution in [0.3, 0.4) is 0 Å². The smallest absolute Gasteiger partial charge is 0.306 e. The van der Waals surface area contributed by atoms with Crippen LogP contribution in [0, 0.1) is 17.1 Å². The third kappa shape index (κ3) is 5.61. The Morgan fingerprint density at radius 1 is 1.29 bits per heavy atom. The zero-order chi connectivity index (χ0) is 15.7. The number of hydrogen-bond acceptors (Lipinski definition) is 4. The Hall–Kier alpha value is -2.42. The number of carbonyl (C=O) groups excluding carboxylic acids is 2. The van der Waals surface area contributed by atoms with Crippen molar-refractivity contribution in [1.29, 1.82) is 5.26 Å². The van der Waals surface area contributed by atoms with E-state index in [4.69, 9.17) is 10.00 Å². The molecule has 0 aromatic heterocycles. The van der Waals surface area contributed by atoms with Gasteiger partial charge < -0.3 is 4.74 Å². The number of halogens is 1. The van der Waals surface area contributed by atoms with Gasteiger partial charge in [-0.05, 0) is 30.7 Å². The molecule has 6 heteroatoms. The average Bonchev–Trinajstić information content (AvgIpc) is 2.49. The highest BCUT2D eigenvalue weighted by Gasteiger charge is 2.17. The van der Waals surface area contributed by atoms with Gasteiger partial charge in [-0.15, -0.1) is 0 Å². The van der Waals surface area contributed by atoms with Gasteiger partial charge in [0.05, 0.1) is 19.1 Å². The van der Waals surface area contributed by atoms with E-state index in [0.717, 1.165) is 6.42 Å². The number of rotatable bonds is 7. The number of nitriles is 1. The molecule has 0 fully saturated rings. The van der Waals surface area contributed by atoms with Crippen molar-refractivity contribution >= 4 is 17.6 Å². The molecule has 5 nitrogen and oxygen atoms in total. The van der Waals surface area contributed by atoms with Gasteiger partial charge in [-0.25, -0.2) is 4.39 Å². The number of esters is 1. The molecule has 1 aromatic rings. The Labute approximate surface area is 122 Å². The largest absolute Gasteiger partial charge is 0.466 e. The minimum Gasteiger partial charge on any atom is -0.466 e. The number of benzene rings is 1. The zero-order valence-electron chi connectivity index (χ0n) is 11.8. The summed E-state index contributed by atoms with van der Waals surface area (Å²) in [6.45, 7) is 2.04. The lowest BCUT2D eigenvalue weighted by atomic mass is 10.2. The Bertz CT molecular complexity index is 523. The van der Waals surface area contributed by atoms with E-state index in [1.807, 2.05) is 13.0 Å². The second-order valence-electron chi connectivity index (χ2n) is 4.33. The molecule has 0 aliphatic carbocycles. The Balaban J connectivity index is 2.64. The summed E-state index contributed by atoms with van der Waals surface area (Å²) in [5, 5.41) is 8.79. The summed E-state index contributed by atoms with van der Waals surface area (Å²) in [6.07, 6.45) is 0.624. The molecular weight excluding hydrogens is 275 g/mol. The van der Waals surface area contributed by atoms with Crippen LogP contribution in [0.1, 0.15) is 26.2 Å². The molecule has 0 bridgehead atoms. The zero-order valence-corrected chi connectivity index (χ0v) is 11.8. The molecule has 1 aromatic carbocycles. The minimum absolute atomic E-state index is 0.0397. The maximum absolute atomic E-state index is 12.9. The van der Waals surface area contributed by atoms with E-state index in [-0.39, 0.29) is 25.3 Å². The van der Waals surface area contributed by atoms with E-state index in [1.54, 1.807) is 0 Å². The Morgan fingerprint density at radius 2 is 1.95 bits per heavy atom. The molecule has 0 spiro atoms. The van der Waals surface area contributed by atoms with E-state index in [9.17, 15) is 14.0 Å². The topological polar surface area (TPSA) is 70.4 Å². The quantitative estimate of drug-likeness (QED) is 0.571. The molecule has 0 saturated heterocycles. The molecular formula is C15H17FN2O3. The summed E-state index contributed by atoms with van der Waals surface area (Å²) < 4.78 is 17.8. The lowest BCUT2D eigenvalue weighted by Gasteiger charge is -2.19. The van der Waals surface area contributed by atoms with Gasteiger partial charge >= 0.3 is 5.97 Å². The first-order chi connectivity index (χ1) is 10.1. The molecule has 1 amide bonds. The van der Waals surface area contributed by atoms with Crippen LogP contribution in [0.2, 0.25) is 0 Å². The van der Waals surface area contributed by atoms with Gasteiger partial charge in [0, 0.05) is 12.1 Å². The van der Waals surface area contributed by atoms with Gasteiger partial charge in [0.15, 0.2) is 0 Å². The number of nitrogens with zero attached hydrogens (tertiary/aromatic N) is 2. The molecule has 0 heterocycles. The maximum Gasteiger partial charge on any atom is 0.306 e. The first-order valence-corrected chi connectivity index (χ1v) is 6.67. The maximum atomic E-state index is 12.9. The first-order valence-electron chi connectivity index (χ1n) is 6.67. The van der Waals surface area contributed by atoms with Crippen LogP contribution in [0.4, 0.5) is 10.1 Å². The van der Waals surface area contributed by atoms with Gasteiger partial charge in [-0.2, -0.15) is 5.26 Å². The van der Waals surface area contributed by atoms with Crippen molar-refractivity contribution in [3.63, 3.8) is 0 Å². The number of ether oxygens (including phenoxy) is 1. The lowest BCUT2D eigenvalue weighted by Crippen LogP contribution is -2.31. The summed E-state index contributed by atoms with van der Waals surface area (Å²) in [5.41, 5.74) is 0.421. The predicted molar refractivity (Wildman–Crippen MR) is 74.9 cm³/mol. The van der Waals surface area contributed by atoms with Crippen LogP contribution < -0.4 is 4.90 Å². The third-order valence-electron chi connectivity index (χ3n) is 2.68. The molecule has 112 valence electrons. The second-order valence-corrected chi connectivity index (χ2v) is 4.33. The van der Waals surface area contributed by atoms with E-state index >= 15 is 0 Å². The monoisotopic (exact) mass is 292 g/mol. The molecule has 0 N–H and O–H groups in total. The Morgan fingerprint density at radius 3 is 2.52 bits per heavy atom. The first kappa shape index (κ1) is 16.6. The van der Waals surface area contributed by atoms with Gasteiger partial charge in [0.1, 0.15) is 12.4 Å². The highest BCUT2D eigenvalue weighted by atomic mass is 19.1. The normalized spacial score (nSPS) is 9.76. The van der Waals surface area contributed by atoms with Gasteiger partial charge in [0.25, 0.3) is 0 Å². The third-order valence-corrected chi connectivity index (χ3v) is 2.68. The van der Waals surface area contributed by atoms with Crippen LogP contribution in [0.25, 0.3) is 0 Å². The van der Waals surface area contributed by atoms with E-state index in [0.29, 0.717) is 12.3 Å².